The standard InChI is InChI=1S/C16H10N8.C16H8N8.8C2H6.2Cu/c2*1-2-10-17-9(1)21-11-3-4-13(18-11)23-15-7-8-16(20-15)24-14-6-5-12(19-14)22-10;8*1-2;;/h1-8H,(H2,17,18,19,20,21,22,23,24);1-8H;8*1-2H3;;/q;-2;;;;;;;;;;+2. The quantitative estimate of drug-likeness (QED) is 0.135. The number of aromatic amines is 2. The summed E-state index contributed by atoms with van der Waals surface area (Å²) in [6, 6.07) is 14.5. The largest absolute Gasteiger partial charge is 2.00 e. The fraction of sp³-hybridized carbons (Fsp3) is 0.333. The van der Waals surface area contributed by atoms with Crippen molar-refractivity contribution in [1.29, 1.82) is 0 Å². The number of rotatable bonds is 0. The van der Waals surface area contributed by atoms with E-state index in [0.717, 1.165) is 0 Å². The second-order valence-corrected chi connectivity index (χ2v) is 10.3. The average Bonchev–Trinajstić information content (AvgIpc) is 4.22. The topological polar surface area (TPSA) is 214 Å². The number of hydrogen-bond donors (Lipinski definition) is 2. The molecule has 0 amide bonds. The SMILES string of the molecule is C1=Cc2nc1nc1ccc(nc3nc(nc4ccc(n2)[n-]4)C=C3)[n-]1.C1=Cc2nc1nc1nc(nc3ccc(nc4ccc(n2)[nH]4)[nH]3)C=C1.CC.CC.CC.CC.CC.CC.CC.CC.[Cu+2].[Cu]. The maximum absolute atomic E-state index is 4.48. The van der Waals surface area contributed by atoms with Crippen LogP contribution in [-0.2, 0) is 34.1 Å². The van der Waals surface area contributed by atoms with Gasteiger partial charge in [-0.05, 0) is 97.1 Å². The second kappa shape index (κ2) is 36.0. The van der Waals surface area contributed by atoms with Gasteiger partial charge in [0.1, 0.15) is 22.6 Å². The summed E-state index contributed by atoms with van der Waals surface area (Å²) in [4.78, 5) is 67.5. The van der Waals surface area contributed by atoms with E-state index in [-0.39, 0.29) is 34.1 Å². The minimum Gasteiger partial charge on any atom is -0.358 e. The second-order valence-electron chi connectivity index (χ2n) is 10.3. The van der Waals surface area contributed by atoms with Gasteiger partial charge in [-0.3, -0.25) is 0 Å². The van der Waals surface area contributed by atoms with Gasteiger partial charge in [-0.15, -0.1) is 0 Å². The molecular weight excluding hydrogens is 928 g/mol. The van der Waals surface area contributed by atoms with E-state index < -0.39 is 0 Å². The van der Waals surface area contributed by atoms with E-state index in [1.807, 2.05) is 135 Å². The molecule has 6 aromatic rings. The summed E-state index contributed by atoms with van der Waals surface area (Å²) in [6.45, 7) is 32.0. The van der Waals surface area contributed by atoms with Gasteiger partial charge in [0.2, 0.25) is 0 Å². The van der Waals surface area contributed by atoms with Crippen LogP contribution in [0.2, 0.25) is 0 Å². The van der Waals surface area contributed by atoms with E-state index in [9.17, 15) is 0 Å². The van der Waals surface area contributed by atoms with E-state index >= 15 is 0 Å². The molecule has 0 fully saturated rings. The van der Waals surface area contributed by atoms with Crippen LogP contribution in [-0.4, -0.2) is 69.8 Å². The number of hydrogen-bond acceptors (Lipinski definition) is 12. The van der Waals surface area contributed by atoms with Crippen LogP contribution in [0.5, 0.6) is 0 Å². The van der Waals surface area contributed by atoms with E-state index in [1.165, 1.54) is 0 Å². The van der Waals surface area contributed by atoms with Crippen LogP contribution in [0.4, 0.5) is 0 Å². The zero-order valence-corrected chi connectivity index (χ0v) is 43.0. The summed E-state index contributed by atoms with van der Waals surface area (Å²) in [7, 11) is 0. The van der Waals surface area contributed by atoms with Crippen molar-refractivity contribution in [2.45, 2.75) is 111 Å². The van der Waals surface area contributed by atoms with E-state index in [4.69, 9.17) is 0 Å². The molecule has 16 bridgehead atoms. The van der Waals surface area contributed by atoms with Gasteiger partial charge in [0, 0.05) is 39.7 Å². The van der Waals surface area contributed by atoms with Gasteiger partial charge >= 0.3 is 17.1 Å². The van der Waals surface area contributed by atoms with Gasteiger partial charge in [0.05, 0.1) is 23.3 Å². The first-order valence-corrected chi connectivity index (χ1v) is 22.5. The summed E-state index contributed by atoms with van der Waals surface area (Å²) < 4.78 is 0. The van der Waals surface area contributed by atoms with Crippen molar-refractivity contribution in [1.82, 2.24) is 79.7 Å². The monoisotopic (exact) mass is 992 g/mol. The molecule has 4 aliphatic rings. The Morgan fingerprint density at radius 3 is 0.667 bits per heavy atom. The number of fused-ring (bicyclic) bond motifs is 16. The molecule has 16 nitrogen and oxygen atoms in total. The maximum Gasteiger partial charge on any atom is 2.00 e. The van der Waals surface area contributed by atoms with Crippen molar-refractivity contribution in [3.8, 4) is 0 Å². The number of nitrogens with one attached hydrogen (secondary N) is 2. The molecule has 10 heterocycles. The molecule has 6 aromatic heterocycles. The van der Waals surface area contributed by atoms with Gasteiger partial charge in [-0.1, -0.05) is 111 Å². The van der Waals surface area contributed by atoms with Gasteiger partial charge in [0.25, 0.3) is 0 Å². The van der Waals surface area contributed by atoms with Crippen LogP contribution in [0.15, 0.2) is 48.5 Å². The van der Waals surface area contributed by atoms with Gasteiger partial charge in [-0.25, -0.2) is 39.9 Å². The molecule has 0 atom stereocenters. The van der Waals surface area contributed by atoms with Crippen molar-refractivity contribution in [3.63, 3.8) is 0 Å². The Bertz CT molecular complexity index is 2460. The minimum atomic E-state index is 0. The number of nitrogens with zero attached hydrogens (tertiary/aromatic N) is 14. The number of aromatic nitrogens is 16. The zero-order valence-electron chi connectivity index (χ0n) is 41.1. The third kappa shape index (κ3) is 19.4. The molecule has 0 unspecified atom stereocenters. The van der Waals surface area contributed by atoms with E-state index in [0.29, 0.717) is 91.8 Å². The molecule has 0 aromatic carbocycles. The van der Waals surface area contributed by atoms with Gasteiger partial charge in [0.15, 0.2) is 23.3 Å². The maximum atomic E-state index is 4.48. The summed E-state index contributed by atoms with van der Waals surface area (Å²) >= 11 is 0. The first-order chi connectivity index (χ1) is 31.6. The van der Waals surface area contributed by atoms with Crippen LogP contribution in [0.3, 0.4) is 0 Å². The fourth-order valence-electron chi connectivity index (χ4n) is 4.76. The molecular formula is C48H66Cu2N16. The van der Waals surface area contributed by atoms with Crippen molar-refractivity contribution < 1.29 is 34.1 Å². The molecule has 2 radical (unpaired) electrons. The Labute approximate surface area is 411 Å². The molecule has 0 spiro atoms. The Hall–Kier alpha value is -6.32. The Morgan fingerprint density at radius 2 is 0.439 bits per heavy atom. The summed E-state index contributed by atoms with van der Waals surface area (Å²) in [6.07, 6.45) is 14.3. The van der Waals surface area contributed by atoms with Crippen molar-refractivity contribution in [3.05, 3.63) is 95.1 Å². The van der Waals surface area contributed by atoms with Crippen molar-refractivity contribution >= 4 is 93.8 Å². The molecule has 2 N–H and O–H groups in total. The summed E-state index contributed by atoms with van der Waals surface area (Å²) in [5.41, 5.74) is 4.89. The van der Waals surface area contributed by atoms with Crippen LogP contribution >= 0.6 is 0 Å². The van der Waals surface area contributed by atoms with Crippen LogP contribution in [0.1, 0.15) is 157 Å². The van der Waals surface area contributed by atoms with Crippen LogP contribution < -0.4 is 9.97 Å². The Balaban J connectivity index is 0. The molecule has 66 heavy (non-hydrogen) atoms. The molecule has 18 heteroatoms. The molecule has 0 saturated carbocycles. The van der Waals surface area contributed by atoms with Crippen molar-refractivity contribution in [2.24, 2.45) is 0 Å². The Morgan fingerprint density at radius 1 is 0.258 bits per heavy atom. The van der Waals surface area contributed by atoms with Crippen LogP contribution in [0.25, 0.3) is 93.8 Å². The zero-order chi connectivity index (χ0) is 47.9. The number of H-pyrrole nitrogens is 2. The molecule has 0 saturated heterocycles. The van der Waals surface area contributed by atoms with Crippen LogP contribution in [0, 0.1) is 0 Å². The van der Waals surface area contributed by atoms with E-state index in [1.54, 1.807) is 72.9 Å². The first-order valence-electron chi connectivity index (χ1n) is 22.5. The summed E-state index contributed by atoms with van der Waals surface area (Å²) in [5.74, 6) is 4.42. The third-order valence-electron chi connectivity index (χ3n) is 6.83. The minimum absolute atomic E-state index is 0. The molecule has 10 rings (SSSR count). The molecule has 4 aliphatic heterocycles. The van der Waals surface area contributed by atoms with Gasteiger partial charge in [-0.2, -0.15) is 0 Å². The summed E-state index contributed by atoms with van der Waals surface area (Å²) in [5, 5.41) is 0. The fourth-order valence-corrected chi connectivity index (χ4v) is 4.76. The van der Waals surface area contributed by atoms with E-state index in [2.05, 4.69) is 79.7 Å². The predicted molar refractivity (Wildman–Crippen MR) is 269 cm³/mol. The molecule has 0 aliphatic carbocycles. The molecule has 360 valence electrons. The third-order valence-corrected chi connectivity index (χ3v) is 6.83. The first kappa shape index (κ1) is 61.8. The van der Waals surface area contributed by atoms with Crippen molar-refractivity contribution in [2.75, 3.05) is 0 Å². The average molecular weight is 994 g/mol. The predicted octanol–water partition coefficient (Wildman–Crippen LogP) is 11.9. The van der Waals surface area contributed by atoms with Gasteiger partial charge < -0.3 is 39.9 Å². The smallest absolute Gasteiger partial charge is 0.358 e. The Kier molecular flexibility index (Phi) is 33.7. The normalized spacial score (nSPS) is 9.94.